The molecule has 0 amide bonds. The molecule has 0 radical (unpaired) electrons. The fraction of sp³-hybridized carbons (Fsp3) is 0.250. The van der Waals surface area contributed by atoms with Crippen molar-refractivity contribution in [3.05, 3.63) is 60.2 Å². The minimum atomic E-state index is -0.206. The van der Waals surface area contributed by atoms with Gasteiger partial charge in [-0.1, -0.05) is 36.4 Å². The lowest BCUT2D eigenvalue weighted by molar-refractivity contribution is 0.282. The first-order valence-corrected chi connectivity index (χ1v) is 6.46. The summed E-state index contributed by atoms with van der Waals surface area (Å²) in [6.07, 6.45) is 0. The number of nitrogens with two attached hydrogens (primary N) is 1. The fourth-order valence-electron chi connectivity index (χ4n) is 1.87. The standard InChI is InChI=1S/C16H19NO2/c1-2-18-16-11-7-6-10-14(16)15(17)12-19-13-8-4-3-5-9-13/h3-11,15H,2,12,17H2,1H3. The van der Waals surface area contributed by atoms with Crippen molar-refractivity contribution < 1.29 is 9.47 Å². The maximum Gasteiger partial charge on any atom is 0.124 e. The Kier molecular flexibility index (Phi) is 4.81. The van der Waals surface area contributed by atoms with Gasteiger partial charge in [0, 0.05) is 5.56 Å². The maximum absolute atomic E-state index is 6.17. The molecule has 0 heterocycles. The van der Waals surface area contributed by atoms with Crippen LogP contribution in [0.2, 0.25) is 0 Å². The lowest BCUT2D eigenvalue weighted by Gasteiger charge is -2.17. The minimum absolute atomic E-state index is 0.206. The number of rotatable bonds is 6. The van der Waals surface area contributed by atoms with Crippen LogP contribution in [-0.4, -0.2) is 13.2 Å². The SMILES string of the molecule is CCOc1ccccc1C(N)COc1ccccc1. The van der Waals surface area contributed by atoms with Crippen molar-refractivity contribution in [2.75, 3.05) is 13.2 Å². The monoisotopic (exact) mass is 257 g/mol. The zero-order valence-corrected chi connectivity index (χ0v) is 11.1. The summed E-state index contributed by atoms with van der Waals surface area (Å²) in [7, 11) is 0. The Labute approximate surface area is 114 Å². The smallest absolute Gasteiger partial charge is 0.124 e. The number of para-hydroxylation sites is 2. The Balaban J connectivity index is 2.01. The van der Waals surface area contributed by atoms with E-state index in [2.05, 4.69) is 0 Å². The third kappa shape index (κ3) is 3.73. The van der Waals surface area contributed by atoms with Gasteiger partial charge in [-0.2, -0.15) is 0 Å². The van der Waals surface area contributed by atoms with Gasteiger partial charge in [-0.3, -0.25) is 0 Å². The second-order valence-corrected chi connectivity index (χ2v) is 4.20. The molecule has 0 aliphatic carbocycles. The Morgan fingerprint density at radius 2 is 1.63 bits per heavy atom. The first kappa shape index (κ1) is 13.4. The van der Waals surface area contributed by atoms with E-state index in [1.54, 1.807) is 0 Å². The average Bonchev–Trinajstić information content (AvgIpc) is 2.47. The predicted molar refractivity (Wildman–Crippen MR) is 76.5 cm³/mol. The summed E-state index contributed by atoms with van der Waals surface area (Å²) in [5.74, 6) is 1.65. The van der Waals surface area contributed by atoms with Gasteiger partial charge < -0.3 is 15.2 Å². The van der Waals surface area contributed by atoms with E-state index in [1.165, 1.54) is 0 Å². The number of hydrogen-bond donors (Lipinski definition) is 1. The van der Waals surface area contributed by atoms with E-state index in [9.17, 15) is 0 Å². The molecule has 1 atom stereocenters. The van der Waals surface area contributed by atoms with Gasteiger partial charge in [-0.15, -0.1) is 0 Å². The van der Waals surface area contributed by atoms with Crippen LogP contribution in [0.4, 0.5) is 0 Å². The maximum atomic E-state index is 6.17. The van der Waals surface area contributed by atoms with Crippen LogP contribution < -0.4 is 15.2 Å². The number of hydrogen-bond acceptors (Lipinski definition) is 3. The zero-order valence-electron chi connectivity index (χ0n) is 11.1. The van der Waals surface area contributed by atoms with Crippen LogP contribution in [0.5, 0.6) is 11.5 Å². The summed E-state index contributed by atoms with van der Waals surface area (Å²) in [5.41, 5.74) is 7.14. The molecule has 19 heavy (non-hydrogen) atoms. The molecule has 0 fully saturated rings. The molecule has 0 aliphatic heterocycles. The summed E-state index contributed by atoms with van der Waals surface area (Å²) < 4.78 is 11.2. The summed E-state index contributed by atoms with van der Waals surface area (Å²) in [6.45, 7) is 3.01. The molecule has 2 N–H and O–H groups in total. The fourth-order valence-corrected chi connectivity index (χ4v) is 1.87. The van der Waals surface area contributed by atoms with E-state index >= 15 is 0 Å². The van der Waals surface area contributed by atoms with Gasteiger partial charge in [0.15, 0.2) is 0 Å². The molecule has 2 rings (SSSR count). The Hall–Kier alpha value is -2.00. The summed E-state index contributed by atoms with van der Waals surface area (Å²) >= 11 is 0. The summed E-state index contributed by atoms with van der Waals surface area (Å²) in [4.78, 5) is 0. The van der Waals surface area contributed by atoms with Crippen LogP contribution in [0.25, 0.3) is 0 Å². The third-order valence-corrected chi connectivity index (χ3v) is 2.79. The average molecular weight is 257 g/mol. The van der Waals surface area contributed by atoms with E-state index in [-0.39, 0.29) is 6.04 Å². The normalized spacial score (nSPS) is 11.9. The van der Waals surface area contributed by atoms with E-state index < -0.39 is 0 Å². The molecule has 3 nitrogen and oxygen atoms in total. The van der Waals surface area contributed by atoms with Gasteiger partial charge in [0.05, 0.1) is 12.6 Å². The first-order valence-electron chi connectivity index (χ1n) is 6.46. The minimum Gasteiger partial charge on any atom is -0.494 e. The largest absolute Gasteiger partial charge is 0.494 e. The van der Waals surface area contributed by atoms with Gasteiger partial charge in [0.1, 0.15) is 18.1 Å². The molecule has 0 aliphatic rings. The second kappa shape index (κ2) is 6.81. The van der Waals surface area contributed by atoms with E-state index in [0.717, 1.165) is 17.1 Å². The van der Waals surface area contributed by atoms with Gasteiger partial charge in [0.25, 0.3) is 0 Å². The lowest BCUT2D eigenvalue weighted by atomic mass is 10.1. The molecule has 2 aromatic rings. The number of benzene rings is 2. The molecule has 0 saturated carbocycles. The third-order valence-electron chi connectivity index (χ3n) is 2.79. The number of ether oxygens (including phenoxy) is 2. The summed E-state index contributed by atoms with van der Waals surface area (Å²) in [6, 6.07) is 17.3. The molecule has 0 saturated heterocycles. The molecule has 2 aromatic carbocycles. The van der Waals surface area contributed by atoms with Crippen molar-refractivity contribution in [2.24, 2.45) is 5.73 Å². The van der Waals surface area contributed by atoms with Crippen LogP contribution in [0, 0.1) is 0 Å². The Bertz CT molecular complexity index is 499. The summed E-state index contributed by atoms with van der Waals surface area (Å²) in [5, 5.41) is 0. The van der Waals surface area contributed by atoms with Crippen molar-refractivity contribution in [1.82, 2.24) is 0 Å². The predicted octanol–water partition coefficient (Wildman–Crippen LogP) is 3.16. The van der Waals surface area contributed by atoms with Crippen molar-refractivity contribution >= 4 is 0 Å². The lowest BCUT2D eigenvalue weighted by Crippen LogP contribution is -2.20. The molecule has 0 bridgehead atoms. The van der Waals surface area contributed by atoms with Crippen molar-refractivity contribution in [2.45, 2.75) is 13.0 Å². The highest BCUT2D eigenvalue weighted by Crippen LogP contribution is 2.24. The van der Waals surface area contributed by atoms with Crippen molar-refractivity contribution in [3.63, 3.8) is 0 Å². The van der Waals surface area contributed by atoms with Crippen molar-refractivity contribution in [1.29, 1.82) is 0 Å². The van der Waals surface area contributed by atoms with Crippen LogP contribution in [-0.2, 0) is 0 Å². The molecular weight excluding hydrogens is 238 g/mol. The van der Waals surface area contributed by atoms with Gasteiger partial charge in [0.2, 0.25) is 0 Å². The highest BCUT2D eigenvalue weighted by molar-refractivity contribution is 5.36. The zero-order chi connectivity index (χ0) is 13.5. The topological polar surface area (TPSA) is 44.5 Å². The first-order chi connectivity index (χ1) is 9.31. The van der Waals surface area contributed by atoms with Crippen molar-refractivity contribution in [3.8, 4) is 11.5 Å². The van der Waals surface area contributed by atoms with Crippen LogP contribution in [0.15, 0.2) is 54.6 Å². The van der Waals surface area contributed by atoms with Crippen LogP contribution in [0.1, 0.15) is 18.5 Å². The Morgan fingerprint density at radius 1 is 0.947 bits per heavy atom. The highest BCUT2D eigenvalue weighted by atomic mass is 16.5. The molecular formula is C16H19NO2. The highest BCUT2D eigenvalue weighted by Gasteiger charge is 2.12. The van der Waals surface area contributed by atoms with Crippen LogP contribution >= 0.6 is 0 Å². The van der Waals surface area contributed by atoms with Gasteiger partial charge in [-0.05, 0) is 25.1 Å². The molecule has 0 aromatic heterocycles. The van der Waals surface area contributed by atoms with Crippen LogP contribution in [0.3, 0.4) is 0 Å². The van der Waals surface area contributed by atoms with Gasteiger partial charge in [-0.25, -0.2) is 0 Å². The molecule has 100 valence electrons. The molecule has 3 heteroatoms. The second-order valence-electron chi connectivity index (χ2n) is 4.20. The quantitative estimate of drug-likeness (QED) is 0.864. The molecule has 0 spiro atoms. The van der Waals surface area contributed by atoms with E-state index in [1.807, 2.05) is 61.5 Å². The Morgan fingerprint density at radius 3 is 2.37 bits per heavy atom. The van der Waals surface area contributed by atoms with E-state index in [0.29, 0.717) is 13.2 Å². The van der Waals surface area contributed by atoms with Gasteiger partial charge >= 0.3 is 0 Å². The molecule has 1 unspecified atom stereocenters. The van der Waals surface area contributed by atoms with E-state index in [4.69, 9.17) is 15.2 Å².